The summed E-state index contributed by atoms with van der Waals surface area (Å²) in [5.74, 6) is 1.33. The molecular weight excluding hydrogens is 464 g/mol. The van der Waals surface area contributed by atoms with Crippen molar-refractivity contribution < 1.29 is 14.4 Å². The van der Waals surface area contributed by atoms with Gasteiger partial charge < -0.3 is 19.5 Å². The molecule has 8 nitrogen and oxygen atoms in total. The van der Waals surface area contributed by atoms with Crippen molar-refractivity contribution >= 4 is 27.8 Å². The number of nitrogens with one attached hydrogen (secondary N) is 1. The molecule has 0 unspecified atom stereocenters. The van der Waals surface area contributed by atoms with E-state index in [0.717, 1.165) is 22.5 Å². The maximum absolute atomic E-state index is 11.5. The van der Waals surface area contributed by atoms with Gasteiger partial charge >= 0.3 is 0 Å². The Morgan fingerprint density at radius 3 is 2.55 bits per heavy atom. The van der Waals surface area contributed by atoms with Crippen molar-refractivity contribution in [3.05, 3.63) is 79.6 Å². The van der Waals surface area contributed by atoms with E-state index in [9.17, 15) is 10.1 Å². The van der Waals surface area contributed by atoms with Gasteiger partial charge in [0.1, 0.15) is 5.69 Å². The van der Waals surface area contributed by atoms with Crippen molar-refractivity contribution in [1.82, 2.24) is 9.99 Å². The van der Waals surface area contributed by atoms with Crippen molar-refractivity contribution in [2.24, 2.45) is 5.10 Å². The standard InChI is InChI=1S/C22H23BrN4O4/c1-14-9-17(13-25-24-12-16-5-8-21(30-3)22(10-16)31-4)15(2)26(14)19-7-6-18(23)11-20(19)27(28)29/h5-11,13,24H,12H2,1-4H3/b25-13-. The van der Waals surface area contributed by atoms with Crippen molar-refractivity contribution in [2.75, 3.05) is 14.2 Å². The fraction of sp³-hybridized carbons (Fsp3) is 0.227. The number of aryl methyl sites for hydroxylation is 1. The second-order valence-electron chi connectivity index (χ2n) is 6.83. The van der Waals surface area contributed by atoms with Crippen LogP contribution in [-0.4, -0.2) is 29.9 Å². The van der Waals surface area contributed by atoms with Gasteiger partial charge in [-0.1, -0.05) is 22.0 Å². The van der Waals surface area contributed by atoms with Crippen molar-refractivity contribution in [3.8, 4) is 17.2 Å². The van der Waals surface area contributed by atoms with E-state index in [2.05, 4.69) is 26.5 Å². The minimum absolute atomic E-state index is 0.0336. The number of hydrazone groups is 1. The van der Waals surface area contributed by atoms with Crippen LogP contribution in [0.3, 0.4) is 0 Å². The second kappa shape index (κ2) is 9.65. The lowest BCUT2D eigenvalue weighted by atomic mass is 10.2. The van der Waals surface area contributed by atoms with Crippen LogP contribution in [-0.2, 0) is 6.54 Å². The molecule has 0 fully saturated rings. The summed E-state index contributed by atoms with van der Waals surface area (Å²) in [6.07, 6.45) is 1.71. The van der Waals surface area contributed by atoms with E-state index in [1.807, 2.05) is 42.7 Å². The molecule has 0 aliphatic carbocycles. The molecule has 0 amide bonds. The second-order valence-corrected chi connectivity index (χ2v) is 7.75. The van der Waals surface area contributed by atoms with Crippen LogP contribution < -0.4 is 14.9 Å². The highest BCUT2D eigenvalue weighted by molar-refractivity contribution is 9.10. The first kappa shape index (κ1) is 22.4. The summed E-state index contributed by atoms with van der Waals surface area (Å²) < 4.78 is 13.1. The average Bonchev–Trinajstić information content (AvgIpc) is 3.04. The number of methoxy groups -OCH3 is 2. The number of aromatic nitrogens is 1. The summed E-state index contributed by atoms with van der Waals surface area (Å²) in [5.41, 5.74) is 7.17. The highest BCUT2D eigenvalue weighted by Gasteiger charge is 2.19. The van der Waals surface area contributed by atoms with Crippen LogP contribution in [0.5, 0.6) is 11.5 Å². The highest BCUT2D eigenvalue weighted by atomic mass is 79.9. The van der Waals surface area contributed by atoms with Crippen LogP contribution >= 0.6 is 15.9 Å². The molecule has 0 aliphatic heterocycles. The maximum Gasteiger partial charge on any atom is 0.294 e. The van der Waals surface area contributed by atoms with Gasteiger partial charge in [-0.2, -0.15) is 5.10 Å². The smallest absolute Gasteiger partial charge is 0.294 e. The zero-order chi connectivity index (χ0) is 22.5. The summed E-state index contributed by atoms with van der Waals surface area (Å²) in [5, 5.41) is 15.8. The summed E-state index contributed by atoms with van der Waals surface area (Å²) in [6, 6.07) is 12.6. The Labute approximate surface area is 188 Å². The molecule has 2 aromatic carbocycles. The number of nitro groups is 1. The molecule has 0 saturated heterocycles. The minimum atomic E-state index is -0.378. The number of rotatable bonds is 8. The summed E-state index contributed by atoms with van der Waals surface area (Å²) >= 11 is 3.30. The average molecular weight is 487 g/mol. The molecule has 1 heterocycles. The Kier molecular flexibility index (Phi) is 6.96. The first-order valence-electron chi connectivity index (χ1n) is 9.45. The third kappa shape index (κ3) is 4.88. The van der Waals surface area contributed by atoms with E-state index in [-0.39, 0.29) is 10.6 Å². The van der Waals surface area contributed by atoms with Crippen LogP contribution in [0.2, 0.25) is 0 Å². The lowest BCUT2D eigenvalue weighted by Gasteiger charge is -2.10. The Hall–Kier alpha value is -3.33. The fourth-order valence-corrected chi connectivity index (χ4v) is 3.71. The lowest BCUT2D eigenvalue weighted by molar-refractivity contribution is -0.384. The number of halogens is 1. The minimum Gasteiger partial charge on any atom is -0.493 e. The van der Waals surface area contributed by atoms with Gasteiger partial charge in [0.25, 0.3) is 5.69 Å². The molecule has 0 spiro atoms. The van der Waals surface area contributed by atoms with E-state index in [0.29, 0.717) is 28.2 Å². The van der Waals surface area contributed by atoms with Gasteiger partial charge in [-0.3, -0.25) is 10.1 Å². The Morgan fingerprint density at radius 1 is 1.13 bits per heavy atom. The number of hydrogen-bond donors (Lipinski definition) is 1. The molecule has 0 radical (unpaired) electrons. The normalized spacial score (nSPS) is 11.0. The highest BCUT2D eigenvalue weighted by Crippen LogP contribution is 2.30. The third-order valence-corrected chi connectivity index (χ3v) is 5.36. The largest absolute Gasteiger partial charge is 0.493 e. The van der Waals surface area contributed by atoms with Crippen molar-refractivity contribution in [1.29, 1.82) is 0 Å². The number of nitro benzene ring substituents is 1. The predicted octanol–water partition coefficient (Wildman–Crippen LogP) is 4.91. The number of ether oxygens (including phenoxy) is 2. The third-order valence-electron chi connectivity index (χ3n) is 4.87. The molecule has 31 heavy (non-hydrogen) atoms. The monoisotopic (exact) mass is 486 g/mol. The van der Waals surface area contributed by atoms with Crippen molar-refractivity contribution in [2.45, 2.75) is 20.4 Å². The summed E-state index contributed by atoms with van der Waals surface area (Å²) in [4.78, 5) is 11.1. The van der Waals surface area contributed by atoms with E-state index in [1.54, 1.807) is 32.6 Å². The molecule has 162 valence electrons. The van der Waals surface area contributed by atoms with E-state index >= 15 is 0 Å². The maximum atomic E-state index is 11.5. The van der Waals surface area contributed by atoms with E-state index < -0.39 is 0 Å². The lowest BCUT2D eigenvalue weighted by Crippen LogP contribution is -2.06. The fourth-order valence-electron chi connectivity index (χ4n) is 3.36. The summed E-state index contributed by atoms with van der Waals surface area (Å²) in [7, 11) is 3.19. The van der Waals surface area contributed by atoms with Crippen LogP contribution in [0.4, 0.5) is 5.69 Å². The first-order valence-corrected chi connectivity index (χ1v) is 10.2. The SMILES string of the molecule is COc1ccc(CN/N=C\c2cc(C)n(-c3ccc(Br)cc3[N+](=O)[O-])c2C)cc1OC. The van der Waals surface area contributed by atoms with Gasteiger partial charge in [0.15, 0.2) is 11.5 Å². The van der Waals surface area contributed by atoms with Gasteiger partial charge in [0.2, 0.25) is 0 Å². The molecule has 3 aromatic rings. The number of nitrogens with zero attached hydrogens (tertiary/aromatic N) is 3. The van der Waals surface area contributed by atoms with Gasteiger partial charge in [0, 0.05) is 27.5 Å². The molecule has 9 heteroatoms. The molecule has 0 saturated carbocycles. The zero-order valence-electron chi connectivity index (χ0n) is 17.7. The molecule has 0 atom stereocenters. The molecular formula is C22H23BrN4O4. The van der Waals surface area contributed by atoms with Gasteiger partial charge in [-0.25, -0.2) is 0 Å². The quantitative estimate of drug-likeness (QED) is 0.277. The Morgan fingerprint density at radius 2 is 1.87 bits per heavy atom. The van der Waals surface area contributed by atoms with E-state index in [4.69, 9.17) is 9.47 Å². The molecule has 0 bridgehead atoms. The van der Waals surface area contributed by atoms with Crippen molar-refractivity contribution in [3.63, 3.8) is 0 Å². The van der Waals surface area contributed by atoms with Gasteiger partial charge in [-0.15, -0.1) is 0 Å². The molecule has 0 aliphatic rings. The van der Waals surface area contributed by atoms with Gasteiger partial charge in [0.05, 0.1) is 31.9 Å². The number of benzene rings is 2. The molecule has 3 rings (SSSR count). The molecule has 1 aromatic heterocycles. The van der Waals surface area contributed by atoms with Crippen LogP contribution in [0.25, 0.3) is 5.69 Å². The zero-order valence-corrected chi connectivity index (χ0v) is 19.3. The molecule has 1 N–H and O–H groups in total. The van der Waals surface area contributed by atoms with Gasteiger partial charge in [-0.05, 0) is 49.7 Å². The Bertz CT molecular complexity index is 1140. The topological polar surface area (TPSA) is 90.9 Å². The number of hydrogen-bond acceptors (Lipinski definition) is 6. The van der Waals surface area contributed by atoms with Crippen LogP contribution in [0.15, 0.2) is 52.0 Å². The summed E-state index contributed by atoms with van der Waals surface area (Å²) in [6.45, 7) is 4.33. The van der Waals surface area contributed by atoms with Crippen LogP contribution in [0, 0.1) is 24.0 Å². The van der Waals surface area contributed by atoms with E-state index in [1.165, 1.54) is 6.07 Å². The van der Waals surface area contributed by atoms with Crippen LogP contribution in [0.1, 0.15) is 22.5 Å². The first-order chi connectivity index (χ1) is 14.8. The predicted molar refractivity (Wildman–Crippen MR) is 124 cm³/mol. The Balaban J connectivity index is 1.79.